The number of benzene rings is 1. The molecule has 1 saturated heterocycles. The van der Waals surface area contributed by atoms with E-state index in [1.807, 2.05) is 53.2 Å². The van der Waals surface area contributed by atoms with Crippen molar-refractivity contribution in [1.82, 2.24) is 20.4 Å². The van der Waals surface area contributed by atoms with Crippen LogP contribution in [-0.4, -0.2) is 70.8 Å². The third kappa shape index (κ3) is 6.44. The average molecular weight is 566 g/mol. The third-order valence-corrected chi connectivity index (χ3v) is 8.47. The highest BCUT2D eigenvalue weighted by molar-refractivity contribution is 7.14. The normalized spacial score (nSPS) is 15.8. The van der Waals surface area contributed by atoms with Gasteiger partial charge in [-0.2, -0.15) is 0 Å². The zero-order valence-corrected chi connectivity index (χ0v) is 23.1. The number of aliphatic hydroxyl groups is 1. The van der Waals surface area contributed by atoms with E-state index in [0.29, 0.717) is 40.9 Å². The van der Waals surface area contributed by atoms with E-state index in [2.05, 4.69) is 15.4 Å². The number of likely N-dealkylation sites (tertiary alicyclic amines) is 1. The van der Waals surface area contributed by atoms with E-state index in [-0.39, 0.29) is 31.0 Å². The number of carbonyl (C=O) groups is 2. The molecule has 3 aromatic heterocycles. The van der Waals surface area contributed by atoms with Crippen molar-refractivity contribution in [3.05, 3.63) is 64.4 Å². The van der Waals surface area contributed by atoms with Gasteiger partial charge >= 0.3 is 0 Å². The minimum absolute atomic E-state index is 0.0391. The molecule has 1 fully saturated rings. The number of carbonyl (C=O) groups excluding carboxylic acids is 2. The summed E-state index contributed by atoms with van der Waals surface area (Å²) in [7, 11) is 0. The van der Waals surface area contributed by atoms with Crippen LogP contribution in [0.3, 0.4) is 0 Å². The summed E-state index contributed by atoms with van der Waals surface area (Å²) in [6.07, 6.45) is 5.13. The molecule has 1 aromatic carbocycles. The maximum Gasteiger partial charge on any atom is 0.270 e. The van der Waals surface area contributed by atoms with Crippen LogP contribution in [-0.2, 0) is 4.79 Å². The molecule has 0 bridgehead atoms. The molecule has 2 amide bonds. The van der Waals surface area contributed by atoms with E-state index in [0.717, 1.165) is 36.9 Å². The Morgan fingerprint density at radius 2 is 2.03 bits per heavy atom. The van der Waals surface area contributed by atoms with Crippen molar-refractivity contribution in [2.24, 2.45) is 0 Å². The molecule has 0 spiro atoms. The Morgan fingerprint density at radius 3 is 2.82 bits per heavy atom. The number of piperidine rings is 1. The van der Waals surface area contributed by atoms with Crippen LogP contribution in [0.5, 0.6) is 0 Å². The summed E-state index contributed by atoms with van der Waals surface area (Å²) in [5, 5.41) is 20.5. The fourth-order valence-electron chi connectivity index (χ4n) is 4.84. The lowest BCUT2D eigenvalue weighted by atomic mass is 10.0. The topological polar surface area (TPSA) is 112 Å². The number of rotatable bonds is 11. The van der Waals surface area contributed by atoms with Crippen LogP contribution in [0.1, 0.15) is 35.4 Å². The van der Waals surface area contributed by atoms with Gasteiger partial charge in [-0.3, -0.25) is 19.4 Å². The molecule has 5 rings (SSSR count). The maximum atomic E-state index is 13.5. The monoisotopic (exact) mass is 565 g/mol. The third-order valence-electron chi connectivity index (χ3n) is 6.75. The van der Waals surface area contributed by atoms with Crippen LogP contribution in [0.2, 0.25) is 0 Å². The second kappa shape index (κ2) is 13.1. The minimum atomic E-state index is -0.205. The highest BCUT2D eigenvalue weighted by Gasteiger charge is 2.29. The van der Waals surface area contributed by atoms with E-state index in [9.17, 15) is 9.59 Å². The van der Waals surface area contributed by atoms with E-state index in [1.54, 1.807) is 11.2 Å². The SMILES string of the molecule is O=C(NCCO)[C@@H]1CCCCN1CCCN(C(=O)c1cccs1)c1nc(-c2conc2-c2ccccc2)cs1. The average Bonchev–Trinajstić information content (AvgIpc) is 3.76. The molecule has 1 aliphatic heterocycles. The molecule has 4 aromatic rings. The molecule has 11 heteroatoms. The van der Waals surface area contributed by atoms with Crippen LogP contribution < -0.4 is 10.2 Å². The van der Waals surface area contributed by atoms with Gasteiger partial charge in [-0.25, -0.2) is 4.98 Å². The number of nitrogens with zero attached hydrogens (tertiary/aromatic N) is 4. The Hall–Kier alpha value is -3.38. The molecule has 1 aliphatic rings. The number of anilines is 1. The lowest BCUT2D eigenvalue weighted by Gasteiger charge is -2.35. The first-order valence-electron chi connectivity index (χ1n) is 13.1. The second-order valence-electron chi connectivity index (χ2n) is 9.31. The zero-order valence-electron chi connectivity index (χ0n) is 21.5. The Kier molecular flexibility index (Phi) is 9.15. The molecule has 39 heavy (non-hydrogen) atoms. The van der Waals surface area contributed by atoms with Gasteiger partial charge in [-0.05, 0) is 37.3 Å². The molecule has 204 valence electrons. The van der Waals surface area contributed by atoms with Gasteiger partial charge in [-0.1, -0.05) is 48.0 Å². The first kappa shape index (κ1) is 27.2. The highest BCUT2D eigenvalue weighted by atomic mass is 32.1. The fourth-order valence-corrected chi connectivity index (χ4v) is 6.36. The van der Waals surface area contributed by atoms with E-state index in [1.165, 1.54) is 22.7 Å². The largest absolute Gasteiger partial charge is 0.395 e. The molecule has 4 heterocycles. The van der Waals surface area contributed by atoms with Crippen molar-refractivity contribution in [1.29, 1.82) is 0 Å². The van der Waals surface area contributed by atoms with Gasteiger partial charge < -0.3 is 14.9 Å². The predicted octanol–water partition coefficient (Wildman–Crippen LogP) is 4.53. The van der Waals surface area contributed by atoms with Gasteiger partial charge in [0.15, 0.2) is 5.13 Å². The van der Waals surface area contributed by atoms with E-state index < -0.39 is 0 Å². The molecular weight excluding hydrogens is 534 g/mol. The number of hydrogen-bond acceptors (Lipinski definition) is 9. The number of aromatic nitrogens is 2. The molecule has 9 nitrogen and oxygen atoms in total. The summed E-state index contributed by atoms with van der Waals surface area (Å²) < 4.78 is 5.30. The van der Waals surface area contributed by atoms with Crippen LogP contribution in [0, 0.1) is 0 Å². The number of hydrogen-bond donors (Lipinski definition) is 2. The Bertz CT molecular complexity index is 1360. The summed E-state index contributed by atoms with van der Waals surface area (Å²) >= 11 is 2.82. The zero-order chi connectivity index (χ0) is 27.0. The molecule has 0 saturated carbocycles. The van der Waals surface area contributed by atoms with Gasteiger partial charge in [0.2, 0.25) is 5.91 Å². The molecule has 0 unspecified atom stereocenters. The predicted molar refractivity (Wildman–Crippen MR) is 153 cm³/mol. The van der Waals surface area contributed by atoms with Crippen molar-refractivity contribution in [2.45, 2.75) is 31.7 Å². The smallest absolute Gasteiger partial charge is 0.270 e. The van der Waals surface area contributed by atoms with Crippen molar-refractivity contribution >= 4 is 39.6 Å². The summed E-state index contributed by atoms with van der Waals surface area (Å²) in [5.41, 5.74) is 3.12. The van der Waals surface area contributed by atoms with Gasteiger partial charge in [0, 0.05) is 30.6 Å². The number of aliphatic hydroxyl groups excluding tert-OH is 1. The first-order chi connectivity index (χ1) is 19.2. The molecular formula is C28H31N5O4S2. The lowest BCUT2D eigenvalue weighted by Crippen LogP contribution is -2.50. The van der Waals surface area contributed by atoms with Crippen molar-refractivity contribution in [2.75, 3.05) is 37.7 Å². The molecule has 2 N–H and O–H groups in total. The molecule has 1 atom stereocenters. The minimum Gasteiger partial charge on any atom is -0.395 e. The number of thiophene rings is 1. The summed E-state index contributed by atoms with van der Waals surface area (Å²) in [6.45, 7) is 2.19. The van der Waals surface area contributed by atoms with Gasteiger partial charge in [0.05, 0.1) is 28.8 Å². The van der Waals surface area contributed by atoms with Crippen molar-refractivity contribution in [3.63, 3.8) is 0 Å². The second-order valence-corrected chi connectivity index (χ2v) is 11.1. The van der Waals surface area contributed by atoms with E-state index in [4.69, 9.17) is 14.6 Å². The number of amides is 2. The number of nitrogens with one attached hydrogen (secondary N) is 1. The van der Waals surface area contributed by atoms with Crippen LogP contribution in [0.4, 0.5) is 5.13 Å². The van der Waals surface area contributed by atoms with Gasteiger partial charge in [0.25, 0.3) is 5.91 Å². The van der Waals surface area contributed by atoms with E-state index >= 15 is 0 Å². The Labute approximate surface area is 235 Å². The highest BCUT2D eigenvalue weighted by Crippen LogP contribution is 2.34. The fraction of sp³-hybridized carbons (Fsp3) is 0.357. The quantitative estimate of drug-likeness (QED) is 0.275. The Balaban J connectivity index is 1.33. The first-order valence-corrected chi connectivity index (χ1v) is 14.9. The van der Waals surface area contributed by atoms with Gasteiger partial charge in [-0.15, -0.1) is 22.7 Å². The van der Waals surface area contributed by atoms with Gasteiger partial charge in [0.1, 0.15) is 12.0 Å². The van der Waals surface area contributed by atoms with Crippen LogP contribution in [0.15, 0.2) is 64.0 Å². The summed E-state index contributed by atoms with van der Waals surface area (Å²) in [6, 6.07) is 13.3. The van der Waals surface area contributed by atoms with Crippen LogP contribution >= 0.6 is 22.7 Å². The van der Waals surface area contributed by atoms with Crippen molar-refractivity contribution in [3.8, 4) is 22.5 Å². The van der Waals surface area contributed by atoms with Crippen LogP contribution in [0.25, 0.3) is 22.5 Å². The maximum absolute atomic E-state index is 13.5. The molecule has 0 radical (unpaired) electrons. The van der Waals surface area contributed by atoms with Crippen molar-refractivity contribution < 1.29 is 19.2 Å². The Morgan fingerprint density at radius 1 is 1.15 bits per heavy atom. The summed E-state index contributed by atoms with van der Waals surface area (Å²) in [4.78, 5) is 35.6. The standard InChI is InChI=1S/C28H31N5O4S2/c34-16-12-29-26(35)23-10-4-5-13-32(23)14-7-15-33(27(36)24-11-6-17-38-24)28-30-22(19-39-28)21-18-37-31-25(21)20-8-2-1-3-9-20/h1-3,6,8-9,11,17-19,23,34H,4-5,7,10,12-16H2,(H,29,35)/t23-/m0/s1. The number of thiazole rings is 1. The summed E-state index contributed by atoms with van der Waals surface area (Å²) in [5.74, 6) is -0.127. The molecule has 0 aliphatic carbocycles. The lowest BCUT2D eigenvalue weighted by molar-refractivity contribution is -0.127.